The van der Waals surface area contributed by atoms with Crippen LogP contribution in [0.5, 0.6) is 17.2 Å². The lowest BCUT2D eigenvalue weighted by molar-refractivity contribution is -0.112. The van der Waals surface area contributed by atoms with E-state index in [1.54, 1.807) is 31.2 Å². The molecule has 1 amide bonds. The number of aryl methyl sites for hydroxylation is 3. The van der Waals surface area contributed by atoms with Gasteiger partial charge in [-0.3, -0.25) is 4.79 Å². The van der Waals surface area contributed by atoms with E-state index >= 15 is 0 Å². The second kappa shape index (κ2) is 11.6. The molecule has 1 N–H and O–H groups in total. The van der Waals surface area contributed by atoms with Crippen LogP contribution in [0.25, 0.3) is 6.08 Å². The van der Waals surface area contributed by atoms with Gasteiger partial charge >= 0.3 is 0 Å². The zero-order valence-electron chi connectivity index (χ0n) is 19.7. The molecule has 0 radical (unpaired) electrons. The Labute approximate surface area is 198 Å². The molecule has 0 aliphatic heterocycles. The molecule has 1 aromatic heterocycles. The van der Waals surface area contributed by atoms with Crippen LogP contribution in [0, 0.1) is 32.1 Å². The van der Waals surface area contributed by atoms with Crippen molar-refractivity contribution in [3.8, 4) is 23.3 Å². The van der Waals surface area contributed by atoms with Crippen LogP contribution in [0.3, 0.4) is 0 Å². The largest absolute Gasteiger partial charge is 0.490 e. The molecule has 0 unspecified atom stereocenters. The number of aromatic nitrogens is 1. The minimum Gasteiger partial charge on any atom is -0.490 e. The van der Waals surface area contributed by atoms with Crippen LogP contribution in [0.2, 0.25) is 0 Å². The van der Waals surface area contributed by atoms with Gasteiger partial charge in [0.25, 0.3) is 5.91 Å². The third-order valence-electron chi connectivity index (χ3n) is 4.90. The fraction of sp³-hybridized carbons (Fsp3) is 0.269. The Morgan fingerprint density at radius 1 is 1.03 bits per heavy atom. The van der Waals surface area contributed by atoms with Crippen LogP contribution >= 0.6 is 0 Å². The smallest absolute Gasteiger partial charge is 0.267 e. The molecule has 0 atom stereocenters. The summed E-state index contributed by atoms with van der Waals surface area (Å²) < 4.78 is 22.2. The summed E-state index contributed by atoms with van der Waals surface area (Å²) in [6.07, 6.45) is 1.47. The number of nitriles is 1. The van der Waals surface area contributed by atoms with Crippen LogP contribution < -0.4 is 19.5 Å². The van der Waals surface area contributed by atoms with Gasteiger partial charge in [-0.1, -0.05) is 17.3 Å². The first kappa shape index (κ1) is 24.4. The summed E-state index contributed by atoms with van der Waals surface area (Å²) in [4.78, 5) is 12.4. The first-order valence-electron chi connectivity index (χ1n) is 10.9. The number of carbonyl (C=O) groups excluding carboxylic acids is 1. The lowest BCUT2D eigenvalue weighted by Crippen LogP contribution is -2.13. The number of carbonyl (C=O) groups is 1. The number of hydrogen-bond acceptors (Lipinski definition) is 7. The zero-order valence-corrected chi connectivity index (χ0v) is 19.7. The third kappa shape index (κ3) is 6.62. The highest BCUT2D eigenvalue weighted by molar-refractivity contribution is 6.09. The molecule has 0 aliphatic carbocycles. The van der Waals surface area contributed by atoms with E-state index < -0.39 is 5.91 Å². The summed E-state index contributed by atoms with van der Waals surface area (Å²) >= 11 is 0. The van der Waals surface area contributed by atoms with Gasteiger partial charge in [0.2, 0.25) is 0 Å². The van der Waals surface area contributed by atoms with Crippen LogP contribution in [0.4, 0.5) is 5.82 Å². The number of rotatable bonds is 10. The van der Waals surface area contributed by atoms with E-state index in [2.05, 4.69) is 17.4 Å². The molecule has 0 bridgehead atoms. The average Bonchev–Trinajstić information content (AvgIpc) is 3.22. The highest BCUT2D eigenvalue weighted by atomic mass is 16.5. The Morgan fingerprint density at radius 3 is 2.50 bits per heavy atom. The summed E-state index contributed by atoms with van der Waals surface area (Å²) in [6.45, 7) is 8.79. The van der Waals surface area contributed by atoms with Crippen LogP contribution in [0.1, 0.15) is 29.4 Å². The van der Waals surface area contributed by atoms with E-state index in [1.165, 1.54) is 17.2 Å². The molecule has 0 saturated carbocycles. The summed E-state index contributed by atoms with van der Waals surface area (Å²) in [7, 11) is 0. The second-order valence-electron chi connectivity index (χ2n) is 7.53. The zero-order chi connectivity index (χ0) is 24.5. The molecule has 1 heterocycles. The summed E-state index contributed by atoms with van der Waals surface area (Å²) in [5, 5.41) is 15.7. The van der Waals surface area contributed by atoms with Crippen molar-refractivity contribution in [2.75, 3.05) is 25.1 Å². The highest BCUT2D eigenvalue weighted by Gasteiger charge is 2.13. The molecule has 0 saturated heterocycles. The number of nitrogens with one attached hydrogen (secondary N) is 1. The van der Waals surface area contributed by atoms with E-state index in [0.29, 0.717) is 42.6 Å². The van der Waals surface area contributed by atoms with Crippen LogP contribution in [0.15, 0.2) is 52.6 Å². The molecule has 3 rings (SSSR count). The molecule has 34 heavy (non-hydrogen) atoms. The van der Waals surface area contributed by atoms with Gasteiger partial charge in [0, 0.05) is 6.07 Å². The predicted octanol–water partition coefficient (Wildman–Crippen LogP) is 5.00. The highest BCUT2D eigenvalue weighted by Crippen LogP contribution is 2.29. The number of anilines is 1. The Morgan fingerprint density at radius 2 is 1.82 bits per heavy atom. The Balaban J connectivity index is 1.65. The quantitative estimate of drug-likeness (QED) is 0.257. The van der Waals surface area contributed by atoms with E-state index in [-0.39, 0.29) is 11.4 Å². The summed E-state index contributed by atoms with van der Waals surface area (Å²) in [5.74, 6) is 2.05. The molecule has 8 nitrogen and oxygen atoms in total. The topological polar surface area (TPSA) is 107 Å². The van der Waals surface area contributed by atoms with Gasteiger partial charge in [-0.15, -0.1) is 0 Å². The van der Waals surface area contributed by atoms with E-state index in [1.807, 2.05) is 38.1 Å². The van der Waals surface area contributed by atoms with Crippen LogP contribution in [-0.2, 0) is 4.79 Å². The fourth-order valence-corrected chi connectivity index (χ4v) is 3.04. The van der Waals surface area contributed by atoms with Gasteiger partial charge in [0.15, 0.2) is 17.3 Å². The second-order valence-corrected chi connectivity index (χ2v) is 7.53. The average molecular weight is 462 g/mol. The molecule has 0 fully saturated rings. The molecule has 0 aliphatic rings. The maximum absolute atomic E-state index is 12.4. The minimum atomic E-state index is -0.586. The van der Waals surface area contributed by atoms with Crippen molar-refractivity contribution in [3.63, 3.8) is 0 Å². The molecule has 176 valence electrons. The molecule has 8 heteroatoms. The van der Waals surface area contributed by atoms with Crippen molar-refractivity contribution in [2.24, 2.45) is 0 Å². The predicted molar refractivity (Wildman–Crippen MR) is 128 cm³/mol. The van der Waals surface area contributed by atoms with Gasteiger partial charge in [-0.05, 0) is 74.7 Å². The van der Waals surface area contributed by atoms with Crippen molar-refractivity contribution in [3.05, 3.63) is 70.5 Å². The minimum absolute atomic E-state index is 0.0847. The van der Waals surface area contributed by atoms with Gasteiger partial charge in [-0.25, -0.2) is 0 Å². The van der Waals surface area contributed by atoms with E-state index in [0.717, 1.165) is 5.75 Å². The van der Waals surface area contributed by atoms with Gasteiger partial charge in [-0.2, -0.15) is 5.26 Å². The van der Waals surface area contributed by atoms with E-state index in [4.69, 9.17) is 18.7 Å². The van der Waals surface area contributed by atoms with Crippen molar-refractivity contribution < 1.29 is 23.5 Å². The third-order valence-corrected chi connectivity index (χ3v) is 4.90. The summed E-state index contributed by atoms with van der Waals surface area (Å²) in [5.41, 5.74) is 2.91. The SMILES string of the molecule is CCOc1cc(/C=C(/C#N)C(=O)Nc2cc(C)on2)ccc1OCCOc1ccc(C)c(C)c1. The Bertz CT molecular complexity index is 1220. The number of ether oxygens (including phenoxy) is 3. The van der Waals surface area contributed by atoms with Gasteiger partial charge in [0.1, 0.15) is 36.4 Å². The molecule has 0 spiro atoms. The molecule has 2 aromatic carbocycles. The maximum Gasteiger partial charge on any atom is 0.267 e. The van der Waals surface area contributed by atoms with Crippen molar-refractivity contribution in [1.82, 2.24) is 5.16 Å². The van der Waals surface area contributed by atoms with Gasteiger partial charge in [0.05, 0.1) is 6.61 Å². The Kier molecular flexibility index (Phi) is 8.30. The van der Waals surface area contributed by atoms with Crippen LogP contribution in [-0.4, -0.2) is 30.9 Å². The monoisotopic (exact) mass is 461 g/mol. The maximum atomic E-state index is 12.4. The normalized spacial score (nSPS) is 11.0. The summed E-state index contributed by atoms with van der Waals surface area (Å²) in [6, 6.07) is 14.6. The van der Waals surface area contributed by atoms with Crippen molar-refractivity contribution >= 4 is 17.8 Å². The van der Waals surface area contributed by atoms with Gasteiger partial charge < -0.3 is 24.1 Å². The number of amides is 1. The number of hydrogen-bond donors (Lipinski definition) is 1. The van der Waals surface area contributed by atoms with Crippen molar-refractivity contribution in [1.29, 1.82) is 5.26 Å². The molecular weight excluding hydrogens is 434 g/mol. The van der Waals surface area contributed by atoms with Crippen molar-refractivity contribution in [2.45, 2.75) is 27.7 Å². The van der Waals surface area contributed by atoms with E-state index in [9.17, 15) is 10.1 Å². The first-order valence-corrected chi connectivity index (χ1v) is 10.9. The molecule has 3 aromatic rings. The lowest BCUT2D eigenvalue weighted by atomic mass is 10.1. The lowest BCUT2D eigenvalue weighted by Gasteiger charge is -2.13. The Hall–Kier alpha value is -4.25. The number of benzene rings is 2. The number of nitrogens with zero attached hydrogens (tertiary/aromatic N) is 2. The fourth-order valence-electron chi connectivity index (χ4n) is 3.04. The first-order chi connectivity index (χ1) is 16.4. The standard InChI is InChI=1S/C26H27N3O5/c1-5-31-24-15-20(14-21(16-27)26(30)28-25-13-19(4)34-29-25)7-9-23(24)33-11-10-32-22-8-6-17(2)18(3)12-22/h6-9,12-15H,5,10-11H2,1-4H3,(H,28,29,30)/b21-14-. The molecular formula is C26H27N3O5.